The summed E-state index contributed by atoms with van der Waals surface area (Å²) in [4.78, 5) is 16.7. The number of aryl methyl sites for hydroxylation is 1. The molecule has 2 saturated heterocycles. The summed E-state index contributed by atoms with van der Waals surface area (Å²) in [5, 5.41) is 10.2. The molecular formula is C18H21FN4O2S. The van der Waals surface area contributed by atoms with Crippen LogP contribution in [0, 0.1) is 24.6 Å². The van der Waals surface area contributed by atoms with Crippen molar-refractivity contribution in [3.05, 3.63) is 40.7 Å². The third kappa shape index (κ3) is 3.07. The molecule has 2 aliphatic rings. The number of benzene rings is 1. The lowest BCUT2D eigenvalue weighted by Crippen LogP contribution is -2.37. The summed E-state index contributed by atoms with van der Waals surface area (Å²) in [5.74, 6) is 0.240. The summed E-state index contributed by atoms with van der Waals surface area (Å²) in [7, 11) is 1.52. The van der Waals surface area contributed by atoms with E-state index < -0.39 is 0 Å². The van der Waals surface area contributed by atoms with Gasteiger partial charge in [-0.3, -0.25) is 4.79 Å². The van der Waals surface area contributed by atoms with Crippen LogP contribution in [0.15, 0.2) is 24.3 Å². The van der Waals surface area contributed by atoms with Gasteiger partial charge >= 0.3 is 0 Å². The van der Waals surface area contributed by atoms with Gasteiger partial charge in [-0.15, -0.1) is 10.2 Å². The summed E-state index contributed by atoms with van der Waals surface area (Å²) < 4.78 is 18.9. The number of methoxy groups -OCH3 is 1. The van der Waals surface area contributed by atoms with Crippen LogP contribution in [0.2, 0.25) is 0 Å². The number of fused-ring (bicyclic) bond motifs is 1. The Bertz CT molecular complexity index is 814. The van der Waals surface area contributed by atoms with Crippen molar-refractivity contribution in [1.82, 2.24) is 15.1 Å². The maximum Gasteiger partial charge on any atom is 0.249 e. The first-order valence-electron chi connectivity index (χ1n) is 8.65. The SMILES string of the molecule is COCC(=O)N1C[C@H]2CN(c3nnc(C)s3)C[C@H]2[C@@H]1c1cccc(F)c1. The van der Waals surface area contributed by atoms with Gasteiger partial charge in [0.15, 0.2) is 0 Å². The number of ether oxygens (including phenoxy) is 1. The van der Waals surface area contributed by atoms with E-state index in [0.29, 0.717) is 12.5 Å². The molecule has 0 N–H and O–H groups in total. The van der Waals surface area contributed by atoms with Crippen LogP contribution in [-0.4, -0.2) is 54.4 Å². The van der Waals surface area contributed by atoms with Crippen molar-refractivity contribution < 1.29 is 13.9 Å². The van der Waals surface area contributed by atoms with Gasteiger partial charge < -0.3 is 14.5 Å². The molecule has 0 saturated carbocycles. The highest BCUT2D eigenvalue weighted by molar-refractivity contribution is 7.15. The minimum atomic E-state index is -0.278. The van der Waals surface area contributed by atoms with Crippen LogP contribution in [0.25, 0.3) is 0 Å². The molecule has 0 bridgehead atoms. The smallest absolute Gasteiger partial charge is 0.249 e. The number of likely N-dealkylation sites (tertiary alicyclic amines) is 1. The normalized spacial score (nSPS) is 25.0. The molecule has 1 amide bonds. The van der Waals surface area contributed by atoms with Gasteiger partial charge in [0.1, 0.15) is 17.4 Å². The van der Waals surface area contributed by atoms with E-state index in [9.17, 15) is 9.18 Å². The Labute approximate surface area is 155 Å². The lowest BCUT2D eigenvalue weighted by atomic mass is 9.89. The molecule has 0 radical (unpaired) electrons. The Morgan fingerprint density at radius 3 is 2.88 bits per heavy atom. The van der Waals surface area contributed by atoms with Crippen molar-refractivity contribution in [2.45, 2.75) is 13.0 Å². The van der Waals surface area contributed by atoms with E-state index in [-0.39, 0.29) is 30.3 Å². The number of hydrogen-bond donors (Lipinski definition) is 0. The Hall–Kier alpha value is -2.06. The molecule has 26 heavy (non-hydrogen) atoms. The van der Waals surface area contributed by atoms with E-state index in [0.717, 1.165) is 28.8 Å². The average Bonchev–Trinajstić information content (AvgIpc) is 3.28. The van der Waals surface area contributed by atoms with Crippen molar-refractivity contribution >= 4 is 22.4 Å². The van der Waals surface area contributed by atoms with E-state index in [2.05, 4.69) is 15.1 Å². The van der Waals surface area contributed by atoms with Crippen molar-refractivity contribution in [2.24, 2.45) is 11.8 Å². The zero-order valence-electron chi connectivity index (χ0n) is 14.8. The Morgan fingerprint density at radius 2 is 2.19 bits per heavy atom. The summed E-state index contributed by atoms with van der Waals surface area (Å²) in [5.41, 5.74) is 0.845. The van der Waals surface area contributed by atoms with Crippen LogP contribution < -0.4 is 4.90 Å². The molecule has 3 atom stereocenters. The number of carbonyl (C=O) groups excluding carboxylic acids is 1. The van der Waals surface area contributed by atoms with Crippen molar-refractivity contribution in [3.8, 4) is 0 Å². The first-order chi connectivity index (χ1) is 12.6. The third-order valence-corrected chi connectivity index (χ3v) is 6.13. The van der Waals surface area contributed by atoms with E-state index >= 15 is 0 Å². The summed E-state index contributed by atoms with van der Waals surface area (Å²) in [6, 6.07) is 6.44. The van der Waals surface area contributed by atoms with Crippen LogP contribution in [0.4, 0.5) is 9.52 Å². The quantitative estimate of drug-likeness (QED) is 0.819. The first kappa shape index (κ1) is 17.4. The zero-order chi connectivity index (χ0) is 18.3. The van der Waals surface area contributed by atoms with E-state index in [1.54, 1.807) is 17.4 Å². The summed E-state index contributed by atoms with van der Waals surface area (Å²) >= 11 is 1.58. The fraction of sp³-hybridized carbons (Fsp3) is 0.500. The van der Waals surface area contributed by atoms with Crippen molar-refractivity contribution in [2.75, 3.05) is 38.3 Å². The predicted octanol–water partition coefficient (Wildman–Crippen LogP) is 2.27. The number of halogens is 1. The van der Waals surface area contributed by atoms with Gasteiger partial charge in [-0.1, -0.05) is 23.5 Å². The maximum absolute atomic E-state index is 13.8. The number of nitrogens with zero attached hydrogens (tertiary/aromatic N) is 4. The van der Waals surface area contributed by atoms with Crippen LogP contribution in [-0.2, 0) is 9.53 Å². The standard InChI is InChI=1S/C18H21FN4O2S/c1-11-20-21-18(26-11)22-7-13-8-23(16(24)10-25-2)17(15(13)9-22)12-4-3-5-14(19)6-12/h3-6,13,15,17H,7-10H2,1-2H3/t13-,15-,17+/m1/s1. The third-order valence-electron chi connectivity index (χ3n) is 5.23. The van der Waals surface area contributed by atoms with Gasteiger partial charge in [0.05, 0.1) is 6.04 Å². The van der Waals surface area contributed by atoms with E-state index in [1.807, 2.05) is 17.9 Å². The molecule has 8 heteroatoms. The fourth-order valence-corrected chi connectivity index (χ4v) is 4.90. The second-order valence-corrected chi connectivity index (χ2v) is 8.07. The van der Waals surface area contributed by atoms with Crippen LogP contribution >= 0.6 is 11.3 Å². The topological polar surface area (TPSA) is 58.6 Å². The molecule has 138 valence electrons. The van der Waals surface area contributed by atoms with Crippen LogP contribution in [0.3, 0.4) is 0 Å². The maximum atomic E-state index is 13.8. The molecule has 3 heterocycles. The van der Waals surface area contributed by atoms with E-state index in [4.69, 9.17) is 4.74 Å². The highest BCUT2D eigenvalue weighted by Gasteiger charge is 2.49. The number of hydrogen-bond acceptors (Lipinski definition) is 6. The molecule has 0 aliphatic carbocycles. The lowest BCUT2D eigenvalue weighted by molar-refractivity contribution is -0.136. The highest BCUT2D eigenvalue weighted by atomic mass is 32.1. The van der Waals surface area contributed by atoms with Crippen LogP contribution in [0.1, 0.15) is 16.6 Å². The second-order valence-electron chi connectivity index (χ2n) is 6.91. The van der Waals surface area contributed by atoms with Gasteiger partial charge in [0.2, 0.25) is 11.0 Å². The molecule has 1 aromatic carbocycles. The molecule has 0 spiro atoms. The Kier molecular flexibility index (Phi) is 4.62. The largest absolute Gasteiger partial charge is 0.375 e. The number of anilines is 1. The highest BCUT2D eigenvalue weighted by Crippen LogP contribution is 2.46. The van der Waals surface area contributed by atoms with Gasteiger partial charge in [-0.05, 0) is 24.6 Å². The monoisotopic (exact) mass is 376 g/mol. The zero-order valence-corrected chi connectivity index (χ0v) is 15.6. The molecular weight excluding hydrogens is 355 g/mol. The Morgan fingerprint density at radius 1 is 1.35 bits per heavy atom. The fourth-order valence-electron chi connectivity index (χ4n) is 4.20. The molecule has 2 aliphatic heterocycles. The minimum absolute atomic E-state index is 0.0462. The van der Waals surface area contributed by atoms with Crippen molar-refractivity contribution in [3.63, 3.8) is 0 Å². The first-order valence-corrected chi connectivity index (χ1v) is 9.47. The van der Waals surface area contributed by atoms with Gasteiger partial charge in [-0.2, -0.15) is 0 Å². The van der Waals surface area contributed by atoms with Gasteiger partial charge in [-0.25, -0.2) is 4.39 Å². The number of rotatable bonds is 4. The molecule has 1 aromatic heterocycles. The van der Waals surface area contributed by atoms with Crippen LogP contribution in [0.5, 0.6) is 0 Å². The summed E-state index contributed by atoms with van der Waals surface area (Å²) in [6.45, 7) is 4.27. The number of aromatic nitrogens is 2. The number of amides is 1. The molecule has 6 nitrogen and oxygen atoms in total. The Balaban J connectivity index is 1.63. The summed E-state index contributed by atoms with van der Waals surface area (Å²) in [6.07, 6.45) is 0. The van der Waals surface area contributed by atoms with Gasteiger partial charge in [0, 0.05) is 38.6 Å². The number of carbonyl (C=O) groups is 1. The van der Waals surface area contributed by atoms with Gasteiger partial charge in [0.25, 0.3) is 0 Å². The minimum Gasteiger partial charge on any atom is -0.375 e. The molecule has 4 rings (SSSR count). The molecule has 2 aromatic rings. The average molecular weight is 376 g/mol. The second kappa shape index (κ2) is 6.92. The molecule has 2 fully saturated rings. The lowest BCUT2D eigenvalue weighted by Gasteiger charge is -2.29. The van der Waals surface area contributed by atoms with E-state index in [1.165, 1.54) is 19.2 Å². The van der Waals surface area contributed by atoms with Crippen molar-refractivity contribution in [1.29, 1.82) is 0 Å². The predicted molar refractivity (Wildman–Crippen MR) is 96.6 cm³/mol. The molecule has 0 unspecified atom stereocenters.